The molecule has 0 fully saturated rings. The van der Waals surface area contributed by atoms with E-state index in [1.807, 2.05) is 25.5 Å². The highest BCUT2D eigenvalue weighted by Gasteiger charge is 2.19. The summed E-state index contributed by atoms with van der Waals surface area (Å²) in [7, 11) is 0. The first-order valence-corrected chi connectivity index (χ1v) is 7.47. The summed E-state index contributed by atoms with van der Waals surface area (Å²) in [5.74, 6) is 0.672. The summed E-state index contributed by atoms with van der Waals surface area (Å²) in [5, 5.41) is 8.03. The lowest BCUT2D eigenvalue weighted by Crippen LogP contribution is -2.28. The molecule has 0 saturated heterocycles. The van der Waals surface area contributed by atoms with Crippen LogP contribution in [0.3, 0.4) is 0 Å². The van der Waals surface area contributed by atoms with Crippen molar-refractivity contribution in [1.29, 1.82) is 0 Å². The largest absolute Gasteiger partial charge is 0.342 e. The van der Waals surface area contributed by atoms with Gasteiger partial charge in [0.15, 0.2) is 0 Å². The van der Waals surface area contributed by atoms with Crippen LogP contribution in [0.15, 0.2) is 6.33 Å². The Morgan fingerprint density at radius 2 is 2.25 bits per heavy atom. The van der Waals surface area contributed by atoms with Gasteiger partial charge in [-0.25, -0.2) is 14.6 Å². The monoisotopic (exact) mass is 293 g/mol. The molecule has 2 rings (SSSR count). The molecule has 2 aromatic rings. The van der Waals surface area contributed by atoms with Crippen LogP contribution in [-0.4, -0.2) is 25.7 Å². The first-order chi connectivity index (χ1) is 9.52. The lowest BCUT2D eigenvalue weighted by molar-refractivity contribution is 0.0940. The van der Waals surface area contributed by atoms with E-state index in [2.05, 4.69) is 27.3 Å². The average Bonchev–Trinajstić information content (AvgIpc) is 2.96. The van der Waals surface area contributed by atoms with Gasteiger partial charge in [0.25, 0.3) is 5.91 Å². The smallest absolute Gasteiger partial charge is 0.263 e. The molecule has 2 aromatic heterocycles. The van der Waals surface area contributed by atoms with E-state index in [1.165, 1.54) is 17.7 Å². The van der Waals surface area contributed by atoms with Crippen LogP contribution >= 0.6 is 11.3 Å². The van der Waals surface area contributed by atoms with Crippen molar-refractivity contribution in [3.63, 3.8) is 0 Å². The molecule has 6 nitrogen and oxygen atoms in total. The molecule has 0 aromatic carbocycles. The quantitative estimate of drug-likeness (QED) is 0.917. The molecule has 108 valence electrons. The Balaban J connectivity index is 2.11. The summed E-state index contributed by atoms with van der Waals surface area (Å²) in [4.78, 5) is 21.4. The fourth-order valence-corrected chi connectivity index (χ4v) is 2.88. The van der Waals surface area contributed by atoms with Crippen molar-refractivity contribution >= 4 is 17.2 Å². The van der Waals surface area contributed by atoms with Crippen LogP contribution < -0.4 is 5.32 Å². The van der Waals surface area contributed by atoms with Gasteiger partial charge in [0.05, 0.1) is 16.7 Å². The third kappa shape index (κ3) is 3.04. The van der Waals surface area contributed by atoms with Crippen molar-refractivity contribution in [1.82, 2.24) is 25.1 Å². The van der Waals surface area contributed by atoms with Gasteiger partial charge in [-0.05, 0) is 27.2 Å². The predicted octanol–water partition coefficient (Wildman–Crippen LogP) is 2.25. The Bertz CT molecular complexity index is 604. The maximum absolute atomic E-state index is 12.3. The van der Waals surface area contributed by atoms with Gasteiger partial charge in [-0.2, -0.15) is 5.10 Å². The van der Waals surface area contributed by atoms with Crippen molar-refractivity contribution < 1.29 is 4.79 Å². The molecule has 0 saturated carbocycles. The molecule has 0 aliphatic heterocycles. The molecule has 0 aliphatic rings. The minimum Gasteiger partial charge on any atom is -0.342 e. The van der Waals surface area contributed by atoms with Crippen molar-refractivity contribution in [2.24, 2.45) is 0 Å². The minimum absolute atomic E-state index is 0.105. The van der Waals surface area contributed by atoms with Gasteiger partial charge in [0.1, 0.15) is 17.0 Å². The van der Waals surface area contributed by atoms with Gasteiger partial charge in [-0.1, -0.05) is 6.92 Å². The zero-order chi connectivity index (χ0) is 14.7. The highest BCUT2D eigenvalue weighted by molar-refractivity contribution is 7.13. The Morgan fingerprint density at radius 1 is 1.50 bits per heavy atom. The number of carbonyl (C=O) groups is 1. The van der Waals surface area contributed by atoms with Crippen LogP contribution in [0.25, 0.3) is 0 Å². The fraction of sp³-hybridized carbons (Fsp3) is 0.538. The van der Waals surface area contributed by atoms with E-state index in [0.29, 0.717) is 4.88 Å². The van der Waals surface area contributed by atoms with Gasteiger partial charge in [0.2, 0.25) is 0 Å². The average molecular weight is 293 g/mol. The molecule has 1 amide bonds. The number of nitrogens with zero attached hydrogens (tertiary/aromatic N) is 4. The lowest BCUT2D eigenvalue weighted by Gasteiger charge is -2.13. The van der Waals surface area contributed by atoms with E-state index in [4.69, 9.17) is 0 Å². The summed E-state index contributed by atoms with van der Waals surface area (Å²) in [6, 6.07) is -0.182. The second-order valence-electron chi connectivity index (χ2n) is 4.68. The molecule has 0 bridgehead atoms. The molecule has 7 heteroatoms. The number of nitrogens with one attached hydrogen (secondary N) is 1. The third-order valence-corrected chi connectivity index (χ3v) is 4.00. The number of aryl methyl sites for hydroxylation is 3. The summed E-state index contributed by atoms with van der Waals surface area (Å²) >= 11 is 1.41. The van der Waals surface area contributed by atoms with Gasteiger partial charge in [-0.15, -0.1) is 11.3 Å². The van der Waals surface area contributed by atoms with E-state index in [-0.39, 0.29) is 11.9 Å². The van der Waals surface area contributed by atoms with E-state index >= 15 is 0 Å². The molecular formula is C13H19N5OS. The Kier molecular flexibility index (Phi) is 4.49. The van der Waals surface area contributed by atoms with E-state index < -0.39 is 0 Å². The Labute approximate surface area is 122 Å². The first kappa shape index (κ1) is 14.6. The molecule has 2 heterocycles. The number of hydrogen-bond acceptors (Lipinski definition) is 5. The zero-order valence-electron chi connectivity index (χ0n) is 12.2. The standard InChI is InChI=1S/C13H19N5OS/c1-5-6-18-12(14-7-15-18)9(3)17-13(19)11-8(2)16-10(4)20-11/h7,9H,5-6H2,1-4H3,(H,17,19)/t9-/m0/s1. The maximum Gasteiger partial charge on any atom is 0.263 e. The Morgan fingerprint density at radius 3 is 2.85 bits per heavy atom. The van der Waals surface area contributed by atoms with Crippen LogP contribution in [0.5, 0.6) is 0 Å². The van der Waals surface area contributed by atoms with Crippen LogP contribution in [0, 0.1) is 13.8 Å². The number of amides is 1. The van der Waals surface area contributed by atoms with Gasteiger partial charge in [0, 0.05) is 6.54 Å². The summed E-state index contributed by atoms with van der Waals surface area (Å²) in [5.41, 5.74) is 0.771. The normalized spacial score (nSPS) is 12.4. The van der Waals surface area contributed by atoms with Crippen LogP contribution in [-0.2, 0) is 6.54 Å². The molecule has 0 spiro atoms. The highest BCUT2D eigenvalue weighted by atomic mass is 32.1. The van der Waals surface area contributed by atoms with E-state index in [0.717, 1.165) is 29.5 Å². The number of rotatable bonds is 5. The Hall–Kier alpha value is -1.76. The van der Waals surface area contributed by atoms with Crippen LogP contribution in [0.2, 0.25) is 0 Å². The van der Waals surface area contributed by atoms with Crippen molar-refractivity contribution in [3.8, 4) is 0 Å². The zero-order valence-corrected chi connectivity index (χ0v) is 13.0. The van der Waals surface area contributed by atoms with Gasteiger partial charge >= 0.3 is 0 Å². The van der Waals surface area contributed by atoms with E-state index in [1.54, 1.807) is 0 Å². The molecule has 0 aliphatic carbocycles. The van der Waals surface area contributed by atoms with Crippen LogP contribution in [0.1, 0.15) is 52.5 Å². The fourth-order valence-electron chi connectivity index (χ4n) is 2.06. The number of thiazole rings is 1. The first-order valence-electron chi connectivity index (χ1n) is 6.65. The topological polar surface area (TPSA) is 72.7 Å². The van der Waals surface area contributed by atoms with Crippen LogP contribution in [0.4, 0.5) is 0 Å². The highest BCUT2D eigenvalue weighted by Crippen LogP contribution is 2.18. The molecule has 1 atom stereocenters. The number of hydrogen-bond donors (Lipinski definition) is 1. The molecule has 0 radical (unpaired) electrons. The summed E-state index contributed by atoms with van der Waals surface area (Å²) in [6.07, 6.45) is 2.50. The van der Waals surface area contributed by atoms with Crippen molar-refractivity contribution in [3.05, 3.63) is 27.7 Å². The van der Waals surface area contributed by atoms with Gasteiger partial charge < -0.3 is 5.32 Å². The van der Waals surface area contributed by atoms with Gasteiger partial charge in [-0.3, -0.25) is 4.79 Å². The summed E-state index contributed by atoms with van der Waals surface area (Å²) in [6.45, 7) is 8.54. The molecule has 0 unspecified atom stereocenters. The molecular weight excluding hydrogens is 274 g/mol. The predicted molar refractivity (Wildman–Crippen MR) is 77.8 cm³/mol. The van der Waals surface area contributed by atoms with Crippen molar-refractivity contribution in [2.75, 3.05) is 0 Å². The lowest BCUT2D eigenvalue weighted by atomic mass is 10.3. The third-order valence-electron chi connectivity index (χ3n) is 2.93. The minimum atomic E-state index is -0.182. The second-order valence-corrected chi connectivity index (χ2v) is 5.89. The van der Waals surface area contributed by atoms with Crippen molar-refractivity contribution in [2.45, 2.75) is 46.7 Å². The summed E-state index contributed by atoms with van der Waals surface area (Å²) < 4.78 is 1.83. The number of aromatic nitrogens is 4. The molecule has 1 N–H and O–H groups in total. The molecule has 20 heavy (non-hydrogen) atoms. The van der Waals surface area contributed by atoms with E-state index in [9.17, 15) is 4.79 Å². The second kappa shape index (κ2) is 6.13. The number of carbonyl (C=O) groups excluding carboxylic acids is 1. The maximum atomic E-state index is 12.3. The SMILES string of the molecule is CCCn1ncnc1[C@H](C)NC(=O)c1sc(C)nc1C.